The molecule has 0 bridgehead atoms. The first-order valence-corrected chi connectivity index (χ1v) is 6.16. The molecule has 0 radical (unpaired) electrons. The van der Waals surface area contributed by atoms with E-state index in [1.807, 2.05) is 24.3 Å². The summed E-state index contributed by atoms with van der Waals surface area (Å²) in [5, 5.41) is 4.06. The number of rotatable bonds is 2. The van der Waals surface area contributed by atoms with E-state index in [9.17, 15) is 0 Å². The molecule has 1 saturated heterocycles. The van der Waals surface area contributed by atoms with Crippen LogP contribution in [0.25, 0.3) is 11.3 Å². The third kappa shape index (κ3) is 2.08. The van der Waals surface area contributed by atoms with Gasteiger partial charge < -0.3 is 9.73 Å². The van der Waals surface area contributed by atoms with Crippen LogP contribution in [0.2, 0.25) is 5.02 Å². The first-order valence-electron chi connectivity index (χ1n) is 5.78. The van der Waals surface area contributed by atoms with Crippen LogP contribution in [0.1, 0.15) is 24.8 Å². The number of nitrogens with one attached hydrogen (secondary N) is 1. The number of halogens is 1. The molecule has 2 aromatic rings. The maximum atomic E-state index is 6.13. The average Bonchev–Trinajstić information content (AvgIpc) is 3.00. The lowest BCUT2D eigenvalue weighted by molar-refractivity contribution is 0.429. The molecule has 3 rings (SSSR count). The Morgan fingerprint density at radius 2 is 2.24 bits per heavy atom. The number of hydrogen-bond donors (Lipinski definition) is 1. The Kier molecular flexibility index (Phi) is 2.87. The molecule has 1 N–H and O–H groups in total. The zero-order valence-corrected chi connectivity index (χ0v) is 10.1. The predicted molar refractivity (Wildman–Crippen MR) is 66.9 cm³/mol. The summed E-state index contributed by atoms with van der Waals surface area (Å²) in [4.78, 5) is 4.51. The van der Waals surface area contributed by atoms with Gasteiger partial charge in [-0.05, 0) is 25.5 Å². The van der Waals surface area contributed by atoms with E-state index in [0.717, 1.165) is 30.1 Å². The van der Waals surface area contributed by atoms with Crippen molar-refractivity contribution < 1.29 is 4.42 Å². The van der Waals surface area contributed by atoms with Gasteiger partial charge in [-0.25, -0.2) is 4.98 Å². The van der Waals surface area contributed by atoms with E-state index in [4.69, 9.17) is 16.0 Å². The van der Waals surface area contributed by atoms with Crippen LogP contribution in [0, 0.1) is 0 Å². The molecule has 1 unspecified atom stereocenters. The maximum absolute atomic E-state index is 6.13. The Balaban J connectivity index is 1.92. The summed E-state index contributed by atoms with van der Waals surface area (Å²) >= 11 is 6.13. The number of hydrogen-bond acceptors (Lipinski definition) is 3. The zero-order valence-electron chi connectivity index (χ0n) is 9.32. The molecule has 3 nitrogen and oxygen atoms in total. The third-order valence-corrected chi connectivity index (χ3v) is 3.36. The van der Waals surface area contributed by atoms with Crippen molar-refractivity contribution in [3.8, 4) is 11.3 Å². The average molecular weight is 249 g/mol. The van der Waals surface area contributed by atoms with Gasteiger partial charge in [-0.1, -0.05) is 29.8 Å². The molecule has 1 atom stereocenters. The van der Waals surface area contributed by atoms with Crippen molar-refractivity contribution in [3.63, 3.8) is 0 Å². The first-order chi connectivity index (χ1) is 8.34. The molecule has 1 aromatic heterocycles. The smallest absolute Gasteiger partial charge is 0.211 e. The van der Waals surface area contributed by atoms with Crippen molar-refractivity contribution in [1.82, 2.24) is 10.3 Å². The third-order valence-electron chi connectivity index (χ3n) is 3.03. The van der Waals surface area contributed by atoms with Gasteiger partial charge in [0.25, 0.3) is 0 Å². The minimum absolute atomic E-state index is 0.256. The summed E-state index contributed by atoms with van der Waals surface area (Å²) in [6.07, 6.45) is 3.94. The van der Waals surface area contributed by atoms with Crippen molar-refractivity contribution in [2.75, 3.05) is 6.54 Å². The highest BCUT2D eigenvalue weighted by Crippen LogP contribution is 2.29. The van der Waals surface area contributed by atoms with E-state index >= 15 is 0 Å². The van der Waals surface area contributed by atoms with Crippen molar-refractivity contribution in [3.05, 3.63) is 41.4 Å². The molecule has 0 amide bonds. The van der Waals surface area contributed by atoms with Gasteiger partial charge in [0.15, 0.2) is 0 Å². The van der Waals surface area contributed by atoms with Crippen molar-refractivity contribution in [1.29, 1.82) is 0 Å². The van der Waals surface area contributed by atoms with E-state index in [0.29, 0.717) is 5.02 Å². The predicted octanol–water partition coefficient (Wildman–Crippen LogP) is 3.42. The van der Waals surface area contributed by atoms with Gasteiger partial charge in [0.2, 0.25) is 5.89 Å². The fraction of sp³-hybridized carbons (Fsp3) is 0.308. The Labute approximate surface area is 105 Å². The molecule has 0 spiro atoms. The summed E-state index contributed by atoms with van der Waals surface area (Å²) in [5.41, 5.74) is 1.72. The Bertz CT molecular complexity index is 518. The standard InChI is InChI=1S/C13H13ClN2O/c14-10-5-2-1-4-9(10)12-8-17-13(16-12)11-6-3-7-15-11/h1-2,4-5,8,11,15H,3,6-7H2. The fourth-order valence-electron chi connectivity index (χ4n) is 2.14. The number of nitrogens with zero attached hydrogens (tertiary/aromatic N) is 1. The molecule has 1 aliphatic rings. The summed E-state index contributed by atoms with van der Waals surface area (Å²) < 4.78 is 5.53. The number of benzene rings is 1. The second kappa shape index (κ2) is 4.51. The molecule has 2 heterocycles. The van der Waals surface area contributed by atoms with Crippen molar-refractivity contribution in [2.45, 2.75) is 18.9 Å². The van der Waals surface area contributed by atoms with Gasteiger partial charge in [0.1, 0.15) is 12.0 Å². The van der Waals surface area contributed by atoms with E-state index < -0.39 is 0 Å². The topological polar surface area (TPSA) is 38.1 Å². The fourth-order valence-corrected chi connectivity index (χ4v) is 2.37. The summed E-state index contributed by atoms with van der Waals surface area (Å²) in [5.74, 6) is 0.761. The van der Waals surface area contributed by atoms with Crippen LogP contribution in [0.3, 0.4) is 0 Å². The molecule has 1 aromatic carbocycles. The van der Waals surface area contributed by atoms with Crippen molar-refractivity contribution in [2.24, 2.45) is 0 Å². The van der Waals surface area contributed by atoms with E-state index in [1.54, 1.807) is 6.26 Å². The Morgan fingerprint density at radius 1 is 1.35 bits per heavy atom. The maximum Gasteiger partial charge on any atom is 0.211 e. The van der Waals surface area contributed by atoms with Crippen LogP contribution in [0.5, 0.6) is 0 Å². The first kappa shape index (κ1) is 10.8. The lowest BCUT2D eigenvalue weighted by Crippen LogP contribution is -2.12. The summed E-state index contributed by atoms with van der Waals surface area (Å²) in [6.45, 7) is 1.04. The highest BCUT2D eigenvalue weighted by atomic mass is 35.5. The van der Waals surface area contributed by atoms with Crippen LogP contribution >= 0.6 is 11.6 Å². The number of aromatic nitrogens is 1. The second-order valence-corrected chi connectivity index (χ2v) is 4.61. The van der Waals surface area contributed by atoms with Crippen molar-refractivity contribution >= 4 is 11.6 Å². The van der Waals surface area contributed by atoms with Crippen LogP contribution in [-0.4, -0.2) is 11.5 Å². The number of oxazole rings is 1. The molecule has 0 saturated carbocycles. The molecular formula is C13H13ClN2O. The molecule has 0 aliphatic carbocycles. The van der Waals surface area contributed by atoms with Gasteiger partial charge in [0, 0.05) is 5.56 Å². The molecule has 1 aliphatic heterocycles. The SMILES string of the molecule is Clc1ccccc1-c1coc(C2CCCN2)n1. The van der Waals surface area contributed by atoms with Gasteiger partial charge in [-0.2, -0.15) is 0 Å². The van der Waals surface area contributed by atoms with E-state index in [2.05, 4.69) is 10.3 Å². The summed E-state index contributed by atoms with van der Waals surface area (Å²) in [7, 11) is 0. The van der Waals surface area contributed by atoms with Gasteiger partial charge in [0.05, 0.1) is 11.1 Å². The molecular weight excluding hydrogens is 236 g/mol. The van der Waals surface area contributed by atoms with Crippen LogP contribution < -0.4 is 5.32 Å². The minimum atomic E-state index is 0.256. The second-order valence-electron chi connectivity index (χ2n) is 4.20. The van der Waals surface area contributed by atoms with Crippen LogP contribution in [0.15, 0.2) is 34.9 Å². The molecule has 88 valence electrons. The minimum Gasteiger partial charge on any atom is -0.447 e. The highest BCUT2D eigenvalue weighted by Gasteiger charge is 2.21. The van der Waals surface area contributed by atoms with Gasteiger partial charge in [-0.15, -0.1) is 0 Å². The molecule has 17 heavy (non-hydrogen) atoms. The summed E-state index contributed by atoms with van der Waals surface area (Å²) in [6, 6.07) is 7.92. The Morgan fingerprint density at radius 3 is 3.00 bits per heavy atom. The van der Waals surface area contributed by atoms with E-state index in [1.165, 1.54) is 6.42 Å². The normalized spacial score (nSPS) is 19.7. The van der Waals surface area contributed by atoms with Crippen LogP contribution in [0.4, 0.5) is 0 Å². The Hall–Kier alpha value is -1.32. The lowest BCUT2D eigenvalue weighted by atomic mass is 10.2. The lowest BCUT2D eigenvalue weighted by Gasteiger charge is -2.03. The largest absolute Gasteiger partial charge is 0.447 e. The van der Waals surface area contributed by atoms with Crippen LogP contribution in [-0.2, 0) is 0 Å². The molecule has 1 fully saturated rings. The van der Waals surface area contributed by atoms with Gasteiger partial charge in [-0.3, -0.25) is 0 Å². The monoisotopic (exact) mass is 248 g/mol. The quantitative estimate of drug-likeness (QED) is 0.885. The zero-order chi connectivity index (χ0) is 11.7. The van der Waals surface area contributed by atoms with E-state index in [-0.39, 0.29) is 6.04 Å². The highest BCUT2D eigenvalue weighted by molar-refractivity contribution is 6.33. The molecule has 4 heteroatoms. The van der Waals surface area contributed by atoms with Gasteiger partial charge >= 0.3 is 0 Å².